The molecule has 1 aromatic heterocycles. The molecule has 0 spiro atoms. The highest BCUT2D eigenvalue weighted by atomic mass is 16.2. The summed E-state index contributed by atoms with van der Waals surface area (Å²) in [6, 6.07) is 15.0. The van der Waals surface area contributed by atoms with E-state index in [1.807, 2.05) is 6.07 Å². The summed E-state index contributed by atoms with van der Waals surface area (Å²) in [6.07, 6.45) is 0.108. The van der Waals surface area contributed by atoms with E-state index in [4.69, 9.17) is 0 Å². The standard InChI is InChI=1S/C22H21N5O4/c1-3-22(14-9-5-4-6-10-14)20(30)27(21(31)23-22)25-18(28)13-17-15-11-7-8-12-16(15)19(29)26(2)24-17/h4-12H,3,13H2,1-2H3,(H,23,31)(H,25,28)/t22-/m1/s1. The summed E-state index contributed by atoms with van der Waals surface area (Å²) < 4.78 is 1.16. The van der Waals surface area contributed by atoms with Gasteiger partial charge in [0.15, 0.2) is 0 Å². The van der Waals surface area contributed by atoms with Crippen LogP contribution in [0, 0.1) is 0 Å². The zero-order chi connectivity index (χ0) is 22.2. The van der Waals surface area contributed by atoms with Crippen molar-refractivity contribution >= 4 is 28.6 Å². The Balaban J connectivity index is 1.59. The molecule has 0 bridgehead atoms. The summed E-state index contributed by atoms with van der Waals surface area (Å²) in [7, 11) is 1.50. The van der Waals surface area contributed by atoms with Gasteiger partial charge in [-0.3, -0.25) is 19.8 Å². The molecule has 1 aliphatic rings. The maximum absolute atomic E-state index is 13.1. The molecule has 2 aromatic carbocycles. The van der Waals surface area contributed by atoms with Gasteiger partial charge in [-0.05, 0) is 18.1 Å². The molecule has 0 aliphatic carbocycles. The number of hydrogen-bond acceptors (Lipinski definition) is 5. The number of rotatable bonds is 5. The summed E-state index contributed by atoms with van der Waals surface area (Å²) in [5, 5.41) is 8.59. The summed E-state index contributed by atoms with van der Waals surface area (Å²) in [4.78, 5) is 50.7. The molecule has 9 heteroatoms. The number of urea groups is 1. The van der Waals surface area contributed by atoms with Gasteiger partial charge in [0.2, 0.25) is 5.91 Å². The molecule has 4 rings (SSSR count). The number of hydrazine groups is 1. The third-order valence-corrected chi connectivity index (χ3v) is 5.49. The monoisotopic (exact) mass is 419 g/mol. The highest BCUT2D eigenvalue weighted by molar-refractivity contribution is 6.08. The second kappa shape index (κ2) is 7.67. The van der Waals surface area contributed by atoms with Crippen molar-refractivity contribution in [2.75, 3.05) is 0 Å². The number of nitrogens with zero attached hydrogens (tertiary/aromatic N) is 3. The highest BCUT2D eigenvalue weighted by Crippen LogP contribution is 2.31. The number of benzene rings is 2. The fourth-order valence-electron chi connectivity index (χ4n) is 3.86. The Hall–Kier alpha value is -4.01. The van der Waals surface area contributed by atoms with Gasteiger partial charge in [-0.25, -0.2) is 9.48 Å². The van der Waals surface area contributed by atoms with Crippen LogP contribution < -0.4 is 16.3 Å². The summed E-state index contributed by atoms with van der Waals surface area (Å²) in [6.45, 7) is 1.79. The van der Waals surface area contributed by atoms with Crippen molar-refractivity contribution in [2.45, 2.75) is 25.3 Å². The molecular formula is C22H21N5O4. The Morgan fingerprint density at radius 2 is 1.68 bits per heavy atom. The van der Waals surface area contributed by atoms with Gasteiger partial charge in [-0.1, -0.05) is 55.5 Å². The number of imide groups is 1. The molecule has 1 saturated heterocycles. The maximum Gasteiger partial charge on any atom is 0.344 e. The summed E-state index contributed by atoms with van der Waals surface area (Å²) >= 11 is 0. The van der Waals surface area contributed by atoms with Crippen LogP contribution in [0.1, 0.15) is 24.6 Å². The largest absolute Gasteiger partial charge is 0.344 e. The van der Waals surface area contributed by atoms with E-state index in [9.17, 15) is 19.2 Å². The van der Waals surface area contributed by atoms with Gasteiger partial charge in [0.1, 0.15) is 5.54 Å². The Bertz CT molecular complexity index is 1250. The predicted octanol–water partition coefficient (Wildman–Crippen LogP) is 1.36. The smallest absolute Gasteiger partial charge is 0.318 e. The van der Waals surface area contributed by atoms with Crippen LogP contribution in [-0.2, 0) is 28.6 Å². The van der Waals surface area contributed by atoms with Crippen molar-refractivity contribution in [1.82, 2.24) is 25.5 Å². The average Bonchev–Trinajstić information content (AvgIpc) is 3.03. The van der Waals surface area contributed by atoms with Crippen LogP contribution in [0.2, 0.25) is 0 Å². The van der Waals surface area contributed by atoms with Gasteiger partial charge in [-0.15, -0.1) is 0 Å². The number of carbonyl (C=O) groups is 3. The van der Waals surface area contributed by atoms with Gasteiger partial charge >= 0.3 is 6.03 Å². The molecule has 2 heterocycles. The SMILES string of the molecule is CC[C@]1(c2ccccc2)NC(=O)N(NC(=O)Cc2nn(C)c(=O)c3ccccc23)C1=O. The number of aryl methyl sites for hydroxylation is 1. The summed E-state index contributed by atoms with van der Waals surface area (Å²) in [5.41, 5.74) is 1.88. The normalized spacial score (nSPS) is 18.3. The van der Waals surface area contributed by atoms with Crippen LogP contribution in [0.5, 0.6) is 0 Å². The molecule has 0 unspecified atom stereocenters. The third-order valence-electron chi connectivity index (χ3n) is 5.49. The highest BCUT2D eigenvalue weighted by Gasteiger charge is 2.52. The first-order valence-corrected chi connectivity index (χ1v) is 9.84. The third kappa shape index (κ3) is 3.33. The molecular weight excluding hydrogens is 398 g/mol. The van der Waals surface area contributed by atoms with Gasteiger partial charge in [0, 0.05) is 12.4 Å². The minimum Gasteiger partial charge on any atom is -0.318 e. The minimum atomic E-state index is -1.24. The Morgan fingerprint density at radius 1 is 1.03 bits per heavy atom. The van der Waals surface area contributed by atoms with Crippen LogP contribution >= 0.6 is 0 Å². The van der Waals surface area contributed by atoms with E-state index in [-0.39, 0.29) is 12.0 Å². The lowest BCUT2D eigenvalue weighted by molar-refractivity contribution is -0.139. The zero-order valence-electron chi connectivity index (χ0n) is 17.1. The van der Waals surface area contributed by atoms with E-state index >= 15 is 0 Å². The first-order chi connectivity index (χ1) is 14.9. The number of nitrogens with one attached hydrogen (secondary N) is 2. The van der Waals surface area contributed by atoms with Crippen molar-refractivity contribution in [3.05, 3.63) is 76.2 Å². The first-order valence-electron chi connectivity index (χ1n) is 9.84. The molecule has 1 aliphatic heterocycles. The van der Waals surface area contributed by atoms with E-state index in [1.54, 1.807) is 55.5 Å². The van der Waals surface area contributed by atoms with Crippen LogP contribution in [0.25, 0.3) is 10.8 Å². The second-order valence-electron chi connectivity index (χ2n) is 7.33. The van der Waals surface area contributed by atoms with E-state index in [0.29, 0.717) is 33.5 Å². The summed E-state index contributed by atoms with van der Waals surface area (Å²) in [5.74, 6) is -1.16. The maximum atomic E-state index is 13.1. The topological polar surface area (TPSA) is 113 Å². The molecule has 0 saturated carbocycles. The van der Waals surface area contributed by atoms with Gasteiger partial charge in [-0.2, -0.15) is 10.1 Å². The number of fused-ring (bicyclic) bond motifs is 1. The van der Waals surface area contributed by atoms with Crippen molar-refractivity contribution in [3.8, 4) is 0 Å². The zero-order valence-corrected chi connectivity index (χ0v) is 17.1. The molecule has 2 N–H and O–H groups in total. The van der Waals surface area contributed by atoms with Crippen molar-refractivity contribution < 1.29 is 14.4 Å². The van der Waals surface area contributed by atoms with E-state index < -0.39 is 23.4 Å². The lowest BCUT2D eigenvalue weighted by Crippen LogP contribution is -2.49. The number of carbonyl (C=O) groups excluding carboxylic acids is 3. The first kappa shape index (κ1) is 20.3. The van der Waals surface area contributed by atoms with Crippen LogP contribution in [0.4, 0.5) is 4.79 Å². The van der Waals surface area contributed by atoms with E-state index in [2.05, 4.69) is 15.8 Å². The van der Waals surface area contributed by atoms with E-state index in [1.165, 1.54) is 7.05 Å². The van der Waals surface area contributed by atoms with Gasteiger partial charge < -0.3 is 5.32 Å². The van der Waals surface area contributed by atoms with Crippen molar-refractivity contribution in [3.63, 3.8) is 0 Å². The lowest BCUT2D eigenvalue weighted by Gasteiger charge is -2.25. The molecule has 0 radical (unpaired) electrons. The number of hydrogen-bond donors (Lipinski definition) is 2. The molecule has 1 atom stereocenters. The van der Waals surface area contributed by atoms with Gasteiger partial charge in [0.25, 0.3) is 11.5 Å². The predicted molar refractivity (Wildman–Crippen MR) is 113 cm³/mol. The van der Waals surface area contributed by atoms with Crippen LogP contribution in [0.3, 0.4) is 0 Å². The van der Waals surface area contributed by atoms with Crippen LogP contribution in [0.15, 0.2) is 59.4 Å². The quantitative estimate of drug-likeness (QED) is 0.607. The molecule has 158 valence electrons. The Kier molecular flexibility index (Phi) is 5.02. The molecule has 3 aromatic rings. The lowest BCUT2D eigenvalue weighted by atomic mass is 9.87. The number of amides is 4. The fourth-order valence-corrected chi connectivity index (χ4v) is 3.86. The second-order valence-corrected chi connectivity index (χ2v) is 7.33. The Morgan fingerprint density at radius 3 is 2.35 bits per heavy atom. The molecule has 31 heavy (non-hydrogen) atoms. The minimum absolute atomic E-state index is 0.212. The molecule has 9 nitrogen and oxygen atoms in total. The molecule has 1 fully saturated rings. The fraction of sp³-hybridized carbons (Fsp3) is 0.227. The van der Waals surface area contributed by atoms with Gasteiger partial charge in [0.05, 0.1) is 17.5 Å². The van der Waals surface area contributed by atoms with Crippen molar-refractivity contribution in [2.24, 2.45) is 7.05 Å². The van der Waals surface area contributed by atoms with Crippen LogP contribution in [-0.4, -0.2) is 32.6 Å². The average molecular weight is 419 g/mol. The molecule has 4 amide bonds. The van der Waals surface area contributed by atoms with Crippen molar-refractivity contribution in [1.29, 1.82) is 0 Å². The Labute approximate surface area is 177 Å². The van der Waals surface area contributed by atoms with E-state index in [0.717, 1.165) is 4.68 Å². The number of aromatic nitrogens is 2.